The zero-order chi connectivity index (χ0) is 18.7. The Bertz CT molecular complexity index is 532. The maximum atomic E-state index is 13.0. The molecule has 25 heavy (non-hydrogen) atoms. The van der Waals surface area contributed by atoms with Gasteiger partial charge in [-0.2, -0.15) is 0 Å². The molecule has 0 fully saturated rings. The SMILES string of the molecule is CCCCCC(CC)OC(=O)C(CO)(CCS(C)=O)c1ccccc1. The number of aliphatic hydroxyl groups excluding tert-OH is 1. The maximum Gasteiger partial charge on any atom is 0.319 e. The topological polar surface area (TPSA) is 63.6 Å². The van der Waals surface area contributed by atoms with Gasteiger partial charge < -0.3 is 9.84 Å². The monoisotopic (exact) mass is 368 g/mol. The highest BCUT2D eigenvalue weighted by Crippen LogP contribution is 2.31. The van der Waals surface area contributed by atoms with Crippen molar-refractivity contribution in [3.05, 3.63) is 35.9 Å². The Kier molecular flexibility index (Phi) is 9.98. The molecule has 0 saturated heterocycles. The third kappa shape index (κ3) is 6.55. The Balaban J connectivity index is 3.00. The Hall–Kier alpha value is -1.20. The second-order valence-corrected chi connectivity index (χ2v) is 8.12. The molecule has 3 atom stereocenters. The molecule has 0 aliphatic heterocycles. The maximum absolute atomic E-state index is 13.0. The lowest BCUT2D eigenvalue weighted by molar-refractivity contribution is -0.159. The van der Waals surface area contributed by atoms with Gasteiger partial charge in [-0.15, -0.1) is 0 Å². The van der Waals surface area contributed by atoms with Gasteiger partial charge in [-0.3, -0.25) is 9.00 Å². The highest BCUT2D eigenvalue weighted by molar-refractivity contribution is 7.84. The van der Waals surface area contributed by atoms with Gasteiger partial charge in [-0.25, -0.2) is 0 Å². The number of benzene rings is 1. The van der Waals surface area contributed by atoms with Gasteiger partial charge in [0.25, 0.3) is 0 Å². The van der Waals surface area contributed by atoms with E-state index in [1.807, 2.05) is 37.3 Å². The minimum absolute atomic E-state index is 0.138. The third-order valence-corrected chi connectivity index (χ3v) is 5.44. The Morgan fingerprint density at radius 1 is 1.24 bits per heavy atom. The summed E-state index contributed by atoms with van der Waals surface area (Å²) in [6.07, 6.45) is 6.64. The molecular formula is C20H32O4S. The number of ether oxygens (including phenoxy) is 1. The van der Waals surface area contributed by atoms with Crippen molar-refractivity contribution in [3.8, 4) is 0 Å². The molecule has 142 valence electrons. The summed E-state index contributed by atoms with van der Waals surface area (Å²) < 4.78 is 17.4. The summed E-state index contributed by atoms with van der Waals surface area (Å²) in [6, 6.07) is 9.21. The normalized spacial score (nSPS) is 16.0. The molecule has 0 aromatic heterocycles. The van der Waals surface area contributed by atoms with Crippen LogP contribution in [0.3, 0.4) is 0 Å². The number of hydrogen-bond donors (Lipinski definition) is 1. The van der Waals surface area contributed by atoms with Crippen LogP contribution in [0.15, 0.2) is 30.3 Å². The van der Waals surface area contributed by atoms with Crippen LogP contribution in [0, 0.1) is 0 Å². The predicted molar refractivity (Wildman–Crippen MR) is 103 cm³/mol. The van der Waals surface area contributed by atoms with E-state index < -0.39 is 22.2 Å². The highest BCUT2D eigenvalue weighted by Gasteiger charge is 2.42. The van der Waals surface area contributed by atoms with Crippen LogP contribution in [0.25, 0.3) is 0 Å². The van der Waals surface area contributed by atoms with E-state index in [1.165, 1.54) is 0 Å². The fourth-order valence-electron chi connectivity index (χ4n) is 2.91. The number of carbonyl (C=O) groups excluding carboxylic acids is 1. The molecule has 4 nitrogen and oxygen atoms in total. The number of aliphatic hydroxyl groups is 1. The molecule has 0 amide bonds. The molecule has 0 heterocycles. The van der Waals surface area contributed by atoms with E-state index in [1.54, 1.807) is 6.26 Å². The van der Waals surface area contributed by atoms with Gasteiger partial charge in [0.1, 0.15) is 11.5 Å². The largest absolute Gasteiger partial charge is 0.462 e. The molecule has 0 spiro atoms. The molecule has 0 aliphatic rings. The molecule has 3 unspecified atom stereocenters. The number of unbranched alkanes of at least 4 members (excludes halogenated alkanes) is 2. The molecule has 1 N–H and O–H groups in total. The van der Waals surface area contributed by atoms with Crippen molar-refractivity contribution in [1.29, 1.82) is 0 Å². The Morgan fingerprint density at radius 3 is 2.44 bits per heavy atom. The minimum atomic E-state index is -1.15. The van der Waals surface area contributed by atoms with Gasteiger partial charge in [0, 0.05) is 22.8 Å². The van der Waals surface area contributed by atoms with Crippen molar-refractivity contribution in [2.45, 2.75) is 63.9 Å². The standard InChI is InChI=1S/C20H32O4S/c1-4-6-8-13-18(5-2)24-19(22)20(16-21,14-15-25(3)23)17-11-9-7-10-12-17/h7,9-12,18,21H,4-6,8,13-16H2,1-3H3. The van der Waals surface area contributed by atoms with Crippen molar-refractivity contribution in [1.82, 2.24) is 0 Å². The lowest BCUT2D eigenvalue weighted by Crippen LogP contribution is -2.43. The van der Waals surface area contributed by atoms with E-state index in [4.69, 9.17) is 4.74 Å². The number of hydrogen-bond acceptors (Lipinski definition) is 4. The summed E-state index contributed by atoms with van der Waals surface area (Å²) in [5.74, 6) is -0.0630. The summed E-state index contributed by atoms with van der Waals surface area (Å²) in [6.45, 7) is 3.80. The number of rotatable bonds is 12. The first-order valence-corrected chi connectivity index (χ1v) is 10.9. The first kappa shape index (κ1) is 21.8. The van der Waals surface area contributed by atoms with Crippen LogP contribution >= 0.6 is 0 Å². The second-order valence-electron chi connectivity index (χ2n) is 6.56. The van der Waals surface area contributed by atoms with Gasteiger partial charge in [-0.05, 0) is 31.2 Å². The van der Waals surface area contributed by atoms with Gasteiger partial charge in [-0.1, -0.05) is 57.0 Å². The first-order chi connectivity index (χ1) is 12.0. The second kappa shape index (κ2) is 11.4. The van der Waals surface area contributed by atoms with E-state index in [-0.39, 0.29) is 12.7 Å². The molecule has 1 aromatic carbocycles. The van der Waals surface area contributed by atoms with Crippen LogP contribution in [0.2, 0.25) is 0 Å². The molecular weight excluding hydrogens is 336 g/mol. The Labute approximate surface area is 154 Å². The van der Waals surface area contributed by atoms with Crippen LogP contribution in [0.4, 0.5) is 0 Å². The van der Waals surface area contributed by atoms with E-state index in [2.05, 4.69) is 6.92 Å². The number of carbonyl (C=O) groups is 1. The zero-order valence-electron chi connectivity index (χ0n) is 15.7. The van der Waals surface area contributed by atoms with Gasteiger partial charge in [0.2, 0.25) is 0 Å². The van der Waals surface area contributed by atoms with Crippen molar-refractivity contribution in [2.24, 2.45) is 0 Å². The summed E-state index contributed by atoms with van der Waals surface area (Å²) >= 11 is 0. The molecule has 0 bridgehead atoms. The average molecular weight is 369 g/mol. The Morgan fingerprint density at radius 2 is 1.92 bits per heavy atom. The number of esters is 1. The molecule has 0 aliphatic carbocycles. The molecule has 1 rings (SSSR count). The van der Waals surface area contributed by atoms with Crippen LogP contribution in [0.1, 0.15) is 57.9 Å². The molecule has 1 aromatic rings. The van der Waals surface area contributed by atoms with Gasteiger partial charge >= 0.3 is 5.97 Å². The summed E-state index contributed by atoms with van der Waals surface area (Å²) in [5, 5.41) is 10.1. The summed E-state index contributed by atoms with van der Waals surface area (Å²) in [7, 11) is -1.04. The molecule has 0 radical (unpaired) electrons. The summed E-state index contributed by atoms with van der Waals surface area (Å²) in [4.78, 5) is 13.0. The van der Waals surface area contributed by atoms with Gasteiger partial charge in [0.05, 0.1) is 6.61 Å². The van der Waals surface area contributed by atoms with Crippen molar-refractivity contribution >= 4 is 16.8 Å². The van der Waals surface area contributed by atoms with Crippen molar-refractivity contribution < 1.29 is 18.8 Å². The quantitative estimate of drug-likeness (QED) is 0.452. The molecule has 5 heteroatoms. The molecule has 0 saturated carbocycles. The van der Waals surface area contributed by atoms with Crippen LogP contribution in [-0.4, -0.2) is 40.0 Å². The van der Waals surface area contributed by atoms with Crippen molar-refractivity contribution in [3.63, 3.8) is 0 Å². The smallest absolute Gasteiger partial charge is 0.319 e. The predicted octanol–water partition coefficient (Wildman–Crippen LogP) is 3.59. The fraction of sp³-hybridized carbons (Fsp3) is 0.650. The van der Waals surface area contributed by atoms with E-state index in [0.29, 0.717) is 12.2 Å². The fourth-order valence-corrected chi connectivity index (χ4v) is 3.54. The zero-order valence-corrected chi connectivity index (χ0v) is 16.5. The van der Waals surface area contributed by atoms with Crippen LogP contribution in [0.5, 0.6) is 0 Å². The van der Waals surface area contributed by atoms with Crippen molar-refractivity contribution in [2.75, 3.05) is 18.6 Å². The lowest BCUT2D eigenvalue weighted by atomic mass is 9.78. The van der Waals surface area contributed by atoms with E-state index >= 15 is 0 Å². The summed E-state index contributed by atoms with van der Waals surface area (Å²) in [5.41, 5.74) is -0.429. The van der Waals surface area contributed by atoms with Crippen LogP contribution in [-0.2, 0) is 25.7 Å². The lowest BCUT2D eigenvalue weighted by Gasteiger charge is -2.32. The van der Waals surface area contributed by atoms with Crippen LogP contribution < -0.4 is 0 Å². The average Bonchev–Trinajstić information content (AvgIpc) is 2.62. The highest BCUT2D eigenvalue weighted by atomic mass is 32.2. The van der Waals surface area contributed by atoms with Gasteiger partial charge in [0.15, 0.2) is 0 Å². The first-order valence-electron chi connectivity index (χ1n) is 9.17. The third-order valence-electron chi connectivity index (χ3n) is 4.66. The minimum Gasteiger partial charge on any atom is -0.462 e. The van der Waals surface area contributed by atoms with E-state index in [9.17, 15) is 14.1 Å². The van der Waals surface area contributed by atoms with E-state index in [0.717, 1.165) is 37.7 Å².